The van der Waals surface area contributed by atoms with E-state index in [1.165, 1.54) is 0 Å². The van der Waals surface area contributed by atoms with Crippen LogP contribution in [0.4, 0.5) is 0 Å². The average molecular weight is 353 g/mol. The number of amides is 2. The third-order valence-corrected chi connectivity index (χ3v) is 3.50. The van der Waals surface area contributed by atoms with Gasteiger partial charge >= 0.3 is 0 Å². The predicted octanol–water partition coefficient (Wildman–Crippen LogP) is 2.49. The molecule has 0 radical (unpaired) electrons. The van der Waals surface area contributed by atoms with E-state index in [0.717, 1.165) is 11.1 Å². The summed E-state index contributed by atoms with van der Waals surface area (Å²) in [5, 5.41) is 6.69. The van der Waals surface area contributed by atoms with Crippen molar-refractivity contribution in [3.8, 4) is 5.75 Å². The highest BCUT2D eigenvalue weighted by atomic mass is 16.5. The molecule has 0 aliphatic carbocycles. The molecule has 136 valence electrons. The number of carbonyl (C=O) groups excluding carboxylic acids is 2. The van der Waals surface area contributed by atoms with Crippen molar-refractivity contribution in [1.29, 1.82) is 0 Å². The third kappa shape index (κ3) is 6.76. The molecule has 2 aromatic rings. The van der Waals surface area contributed by atoms with Gasteiger partial charge < -0.3 is 10.1 Å². The van der Waals surface area contributed by atoms with Gasteiger partial charge in [0.2, 0.25) is 5.91 Å². The van der Waals surface area contributed by atoms with Crippen LogP contribution in [0.5, 0.6) is 5.75 Å². The zero-order valence-electron chi connectivity index (χ0n) is 14.9. The van der Waals surface area contributed by atoms with Gasteiger partial charge in [-0.05, 0) is 35.4 Å². The Morgan fingerprint density at radius 2 is 1.77 bits per heavy atom. The molecule has 2 amide bonds. The van der Waals surface area contributed by atoms with Crippen molar-refractivity contribution in [1.82, 2.24) is 10.7 Å². The van der Waals surface area contributed by atoms with Crippen molar-refractivity contribution in [3.63, 3.8) is 0 Å². The average Bonchev–Trinajstić information content (AvgIpc) is 2.66. The van der Waals surface area contributed by atoms with Gasteiger partial charge in [0.1, 0.15) is 5.75 Å². The second-order valence-corrected chi connectivity index (χ2v) is 6.01. The minimum absolute atomic E-state index is 0.0509. The molecule has 26 heavy (non-hydrogen) atoms. The van der Waals surface area contributed by atoms with Crippen LogP contribution in [0.3, 0.4) is 0 Å². The maximum atomic E-state index is 11.8. The van der Waals surface area contributed by atoms with Crippen molar-refractivity contribution in [2.24, 2.45) is 11.0 Å². The number of hydrazone groups is 1. The number of hydrogen-bond acceptors (Lipinski definition) is 4. The first-order valence-electron chi connectivity index (χ1n) is 8.41. The highest BCUT2D eigenvalue weighted by Gasteiger charge is 2.04. The summed E-state index contributed by atoms with van der Waals surface area (Å²) in [6, 6.07) is 16.8. The van der Waals surface area contributed by atoms with E-state index in [9.17, 15) is 9.59 Å². The molecule has 0 saturated carbocycles. The summed E-state index contributed by atoms with van der Waals surface area (Å²) >= 11 is 0. The van der Waals surface area contributed by atoms with Crippen LogP contribution in [0.15, 0.2) is 59.7 Å². The molecule has 0 atom stereocenters. The number of ether oxygens (including phenoxy) is 1. The largest absolute Gasteiger partial charge is 0.484 e. The van der Waals surface area contributed by atoms with Crippen LogP contribution in [0, 0.1) is 5.92 Å². The van der Waals surface area contributed by atoms with Crippen LogP contribution in [-0.2, 0) is 16.1 Å². The molecule has 2 N–H and O–H groups in total. The number of hydrogen-bond donors (Lipinski definition) is 2. The van der Waals surface area contributed by atoms with Gasteiger partial charge in [0, 0.05) is 12.5 Å². The molecular formula is C20H23N3O3. The van der Waals surface area contributed by atoms with Gasteiger partial charge in [-0.15, -0.1) is 0 Å². The van der Waals surface area contributed by atoms with Gasteiger partial charge in [0.25, 0.3) is 5.91 Å². The summed E-state index contributed by atoms with van der Waals surface area (Å²) in [6.45, 7) is 4.02. The second-order valence-electron chi connectivity index (χ2n) is 6.01. The molecule has 2 aromatic carbocycles. The van der Waals surface area contributed by atoms with E-state index >= 15 is 0 Å². The van der Waals surface area contributed by atoms with E-state index < -0.39 is 0 Å². The molecule has 0 spiro atoms. The van der Waals surface area contributed by atoms with Crippen LogP contribution in [-0.4, -0.2) is 24.6 Å². The second kappa shape index (κ2) is 9.98. The quantitative estimate of drug-likeness (QED) is 0.565. The molecule has 0 fully saturated rings. The Kier molecular flexibility index (Phi) is 7.36. The summed E-state index contributed by atoms with van der Waals surface area (Å²) in [4.78, 5) is 23.2. The minimum atomic E-state index is -0.184. The molecule has 6 nitrogen and oxygen atoms in total. The van der Waals surface area contributed by atoms with E-state index in [0.29, 0.717) is 12.3 Å². The highest BCUT2D eigenvalue weighted by molar-refractivity contribution is 5.83. The van der Waals surface area contributed by atoms with Crippen molar-refractivity contribution in [2.75, 3.05) is 6.61 Å². The summed E-state index contributed by atoms with van der Waals surface area (Å²) in [6.07, 6.45) is 1.55. The molecular weight excluding hydrogens is 330 g/mol. The van der Waals surface area contributed by atoms with E-state index in [1.54, 1.807) is 44.3 Å². The standard InChI is InChI=1S/C20H23N3O3/c1-15(2)20(25)23-22-13-17-8-10-18(11-9-17)26-14-19(24)21-12-16-6-4-3-5-7-16/h3-11,13,15H,12,14H2,1-2H3,(H,21,24)(H,23,25)/b22-13+. The number of rotatable bonds is 8. The van der Waals surface area contributed by atoms with E-state index in [1.807, 2.05) is 30.3 Å². The van der Waals surface area contributed by atoms with Gasteiger partial charge in [-0.2, -0.15) is 5.10 Å². The fourth-order valence-electron chi connectivity index (χ4n) is 1.95. The molecule has 0 unspecified atom stereocenters. The van der Waals surface area contributed by atoms with Gasteiger partial charge in [0.15, 0.2) is 6.61 Å². The summed E-state index contributed by atoms with van der Waals surface area (Å²) in [5.41, 5.74) is 4.31. The van der Waals surface area contributed by atoms with Gasteiger partial charge in [-0.1, -0.05) is 44.2 Å². The Labute approximate surface area is 153 Å². The van der Waals surface area contributed by atoms with Gasteiger partial charge in [-0.3, -0.25) is 9.59 Å². The fraction of sp³-hybridized carbons (Fsp3) is 0.250. The van der Waals surface area contributed by atoms with Crippen molar-refractivity contribution >= 4 is 18.0 Å². The number of benzene rings is 2. The Morgan fingerprint density at radius 3 is 2.42 bits per heavy atom. The topological polar surface area (TPSA) is 79.8 Å². The van der Waals surface area contributed by atoms with Crippen molar-refractivity contribution < 1.29 is 14.3 Å². The Balaban J connectivity index is 1.73. The van der Waals surface area contributed by atoms with Crippen molar-refractivity contribution in [3.05, 3.63) is 65.7 Å². The lowest BCUT2D eigenvalue weighted by Crippen LogP contribution is -2.28. The van der Waals surface area contributed by atoms with Crippen LogP contribution in [0.25, 0.3) is 0 Å². The fourth-order valence-corrected chi connectivity index (χ4v) is 1.95. The van der Waals surface area contributed by atoms with Crippen LogP contribution >= 0.6 is 0 Å². The minimum Gasteiger partial charge on any atom is -0.484 e. The normalized spacial score (nSPS) is 10.7. The van der Waals surface area contributed by atoms with Crippen LogP contribution in [0.1, 0.15) is 25.0 Å². The maximum absolute atomic E-state index is 11.8. The van der Waals surface area contributed by atoms with Gasteiger partial charge in [-0.25, -0.2) is 5.43 Å². The summed E-state index contributed by atoms with van der Waals surface area (Å²) < 4.78 is 5.46. The first-order valence-corrected chi connectivity index (χ1v) is 8.41. The molecule has 2 rings (SSSR count). The SMILES string of the molecule is CC(C)C(=O)N/N=C/c1ccc(OCC(=O)NCc2ccccc2)cc1. The first-order chi connectivity index (χ1) is 12.5. The molecule has 0 saturated heterocycles. The van der Waals surface area contributed by atoms with E-state index in [4.69, 9.17) is 4.74 Å². The zero-order chi connectivity index (χ0) is 18.8. The Morgan fingerprint density at radius 1 is 1.08 bits per heavy atom. The number of nitrogens with one attached hydrogen (secondary N) is 2. The lowest BCUT2D eigenvalue weighted by molar-refractivity contribution is -0.124. The third-order valence-electron chi connectivity index (χ3n) is 3.50. The molecule has 0 bridgehead atoms. The maximum Gasteiger partial charge on any atom is 0.258 e. The summed E-state index contributed by atoms with van der Waals surface area (Å²) in [7, 11) is 0. The monoisotopic (exact) mass is 353 g/mol. The molecule has 0 heterocycles. The zero-order valence-corrected chi connectivity index (χ0v) is 14.9. The van der Waals surface area contributed by atoms with Crippen LogP contribution < -0.4 is 15.5 Å². The Bertz CT molecular complexity index is 741. The summed E-state index contributed by atoms with van der Waals surface area (Å²) in [5.74, 6) is 0.151. The molecule has 0 aromatic heterocycles. The number of carbonyl (C=O) groups is 2. The molecule has 6 heteroatoms. The van der Waals surface area contributed by atoms with E-state index in [2.05, 4.69) is 15.8 Å². The molecule has 0 aliphatic rings. The Hall–Kier alpha value is -3.15. The van der Waals surface area contributed by atoms with E-state index in [-0.39, 0.29) is 24.3 Å². The first kappa shape index (κ1) is 19.2. The lowest BCUT2D eigenvalue weighted by Gasteiger charge is -2.08. The molecule has 0 aliphatic heterocycles. The van der Waals surface area contributed by atoms with Gasteiger partial charge in [0.05, 0.1) is 6.21 Å². The van der Waals surface area contributed by atoms with Crippen molar-refractivity contribution in [2.45, 2.75) is 20.4 Å². The predicted molar refractivity (Wildman–Crippen MR) is 101 cm³/mol. The van der Waals surface area contributed by atoms with Crippen LogP contribution in [0.2, 0.25) is 0 Å². The highest BCUT2D eigenvalue weighted by Crippen LogP contribution is 2.11. The smallest absolute Gasteiger partial charge is 0.258 e. The number of nitrogens with zero attached hydrogens (tertiary/aromatic N) is 1. The lowest BCUT2D eigenvalue weighted by atomic mass is 10.2.